The standard InChI is InChI=1S/C20H25N3O/c1-15-19(17-9-5-3-6-10-17)16(2)23(22-15)14-13-21-20(24)18-11-7-4-8-12-18/h3-7,9-10,18H,8,11-14H2,1-2H3,(H,21,24)/t18-/m1/s1. The van der Waals surface area contributed by atoms with Crippen molar-refractivity contribution >= 4 is 5.91 Å². The van der Waals surface area contributed by atoms with E-state index in [9.17, 15) is 4.79 Å². The molecule has 126 valence electrons. The lowest BCUT2D eigenvalue weighted by Crippen LogP contribution is -2.33. The minimum atomic E-state index is 0.135. The van der Waals surface area contributed by atoms with Gasteiger partial charge in [0, 0.05) is 23.7 Å². The van der Waals surface area contributed by atoms with Crippen molar-refractivity contribution in [1.82, 2.24) is 15.1 Å². The van der Waals surface area contributed by atoms with Crippen LogP contribution in [0.1, 0.15) is 30.7 Å². The van der Waals surface area contributed by atoms with Gasteiger partial charge in [0.25, 0.3) is 0 Å². The summed E-state index contributed by atoms with van der Waals surface area (Å²) in [4.78, 5) is 12.2. The first-order valence-corrected chi connectivity index (χ1v) is 8.69. The zero-order valence-corrected chi connectivity index (χ0v) is 14.5. The molecule has 0 saturated heterocycles. The fraction of sp³-hybridized carbons (Fsp3) is 0.400. The van der Waals surface area contributed by atoms with Gasteiger partial charge in [-0.15, -0.1) is 0 Å². The Morgan fingerprint density at radius 1 is 1.25 bits per heavy atom. The van der Waals surface area contributed by atoms with E-state index in [-0.39, 0.29) is 11.8 Å². The molecule has 3 rings (SSSR count). The number of nitrogens with zero attached hydrogens (tertiary/aromatic N) is 2. The summed E-state index contributed by atoms with van der Waals surface area (Å²) in [6.45, 7) is 5.46. The maximum Gasteiger partial charge on any atom is 0.223 e. The zero-order chi connectivity index (χ0) is 16.9. The van der Waals surface area contributed by atoms with E-state index < -0.39 is 0 Å². The molecule has 0 bridgehead atoms. The number of nitrogens with one attached hydrogen (secondary N) is 1. The van der Waals surface area contributed by atoms with Crippen LogP contribution in [0.5, 0.6) is 0 Å². The molecule has 4 heteroatoms. The highest BCUT2D eigenvalue weighted by molar-refractivity contribution is 5.78. The minimum Gasteiger partial charge on any atom is -0.354 e. The highest BCUT2D eigenvalue weighted by atomic mass is 16.1. The third-order valence-corrected chi connectivity index (χ3v) is 4.71. The van der Waals surface area contributed by atoms with E-state index in [0.717, 1.165) is 30.7 Å². The molecule has 2 aromatic rings. The summed E-state index contributed by atoms with van der Waals surface area (Å²) < 4.78 is 2.00. The van der Waals surface area contributed by atoms with E-state index in [0.29, 0.717) is 13.1 Å². The van der Waals surface area contributed by atoms with Gasteiger partial charge in [-0.25, -0.2) is 0 Å². The highest BCUT2D eigenvalue weighted by Crippen LogP contribution is 2.26. The second-order valence-electron chi connectivity index (χ2n) is 6.41. The zero-order valence-electron chi connectivity index (χ0n) is 14.5. The molecule has 0 radical (unpaired) electrons. The number of hydrogen-bond acceptors (Lipinski definition) is 2. The van der Waals surface area contributed by atoms with Crippen LogP contribution in [-0.2, 0) is 11.3 Å². The molecule has 1 aromatic carbocycles. The quantitative estimate of drug-likeness (QED) is 0.854. The van der Waals surface area contributed by atoms with E-state index in [1.807, 2.05) is 29.8 Å². The van der Waals surface area contributed by atoms with E-state index >= 15 is 0 Å². The lowest BCUT2D eigenvalue weighted by atomic mass is 9.94. The number of aryl methyl sites for hydroxylation is 1. The van der Waals surface area contributed by atoms with Gasteiger partial charge in [0.2, 0.25) is 5.91 Å². The van der Waals surface area contributed by atoms with Crippen LogP contribution in [0.2, 0.25) is 0 Å². The monoisotopic (exact) mass is 323 g/mol. The van der Waals surface area contributed by atoms with Crippen LogP contribution in [-0.4, -0.2) is 22.2 Å². The molecule has 24 heavy (non-hydrogen) atoms. The minimum absolute atomic E-state index is 0.135. The third kappa shape index (κ3) is 3.58. The number of benzene rings is 1. The van der Waals surface area contributed by atoms with Gasteiger partial charge >= 0.3 is 0 Å². The molecule has 1 amide bonds. The van der Waals surface area contributed by atoms with E-state index in [1.54, 1.807) is 0 Å². The largest absolute Gasteiger partial charge is 0.354 e. The predicted molar refractivity (Wildman–Crippen MR) is 96.6 cm³/mol. The number of allylic oxidation sites excluding steroid dienone is 2. The van der Waals surface area contributed by atoms with Crippen molar-refractivity contribution in [3.8, 4) is 11.1 Å². The molecule has 0 spiro atoms. The van der Waals surface area contributed by atoms with Gasteiger partial charge in [-0.2, -0.15) is 5.10 Å². The summed E-state index contributed by atoms with van der Waals surface area (Å²) in [6, 6.07) is 10.3. The molecule has 4 nitrogen and oxygen atoms in total. The maximum atomic E-state index is 12.2. The Hall–Kier alpha value is -2.36. The average Bonchev–Trinajstić information content (AvgIpc) is 2.90. The molecule has 1 N–H and O–H groups in total. The van der Waals surface area contributed by atoms with Gasteiger partial charge in [0.15, 0.2) is 0 Å². The first-order chi connectivity index (χ1) is 11.7. The smallest absolute Gasteiger partial charge is 0.223 e. The second-order valence-corrected chi connectivity index (χ2v) is 6.41. The molecule has 1 aromatic heterocycles. The molecule has 1 aliphatic carbocycles. The normalized spacial score (nSPS) is 17.0. The van der Waals surface area contributed by atoms with Gasteiger partial charge in [-0.1, -0.05) is 42.5 Å². The van der Waals surface area contributed by atoms with Gasteiger partial charge in [0.05, 0.1) is 12.2 Å². The topological polar surface area (TPSA) is 46.9 Å². The molecule has 1 atom stereocenters. The highest BCUT2D eigenvalue weighted by Gasteiger charge is 2.18. The number of aromatic nitrogens is 2. The number of amides is 1. The summed E-state index contributed by atoms with van der Waals surface area (Å²) in [5, 5.41) is 7.71. The van der Waals surface area contributed by atoms with E-state index in [4.69, 9.17) is 0 Å². The molecule has 0 aliphatic heterocycles. The molecular formula is C20H25N3O. The first kappa shape index (κ1) is 16.5. The lowest BCUT2D eigenvalue weighted by molar-refractivity contribution is -0.125. The number of rotatable bonds is 5. The summed E-state index contributed by atoms with van der Waals surface area (Å²) in [6.07, 6.45) is 7.10. The Balaban J connectivity index is 1.62. The van der Waals surface area contributed by atoms with Crippen molar-refractivity contribution in [1.29, 1.82) is 0 Å². The van der Waals surface area contributed by atoms with Crippen molar-refractivity contribution in [2.75, 3.05) is 6.54 Å². The van der Waals surface area contributed by atoms with Crippen molar-refractivity contribution < 1.29 is 4.79 Å². The summed E-state index contributed by atoms with van der Waals surface area (Å²) in [5.74, 6) is 0.305. The fourth-order valence-electron chi connectivity index (χ4n) is 3.40. The number of hydrogen-bond donors (Lipinski definition) is 1. The predicted octanol–water partition coefficient (Wildman–Crippen LogP) is 3.64. The Kier molecular flexibility index (Phi) is 5.14. The van der Waals surface area contributed by atoms with Crippen molar-refractivity contribution in [2.24, 2.45) is 5.92 Å². The van der Waals surface area contributed by atoms with Crippen molar-refractivity contribution in [3.63, 3.8) is 0 Å². The van der Waals surface area contributed by atoms with Gasteiger partial charge in [0.1, 0.15) is 0 Å². The van der Waals surface area contributed by atoms with Crippen LogP contribution in [0.4, 0.5) is 0 Å². The van der Waals surface area contributed by atoms with Crippen LogP contribution < -0.4 is 5.32 Å². The molecule has 1 aliphatic rings. The van der Waals surface area contributed by atoms with Crippen LogP contribution in [0.3, 0.4) is 0 Å². The number of carbonyl (C=O) groups is 1. The molecule has 1 heterocycles. The molecule has 0 unspecified atom stereocenters. The SMILES string of the molecule is Cc1nn(CCNC(=O)[C@@H]2CC=CCC2)c(C)c1-c1ccccc1. The van der Waals surface area contributed by atoms with Gasteiger partial charge in [-0.3, -0.25) is 9.48 Å². The number of carbonyl (C=O) groups excluding carboxylic acids is 1. The van der Waals surface area contributed by atoms with Crippen LogP contribution in [0.25, 0.3) is 11.1 Å². The average molecular weight is 323 g/mol. The molecule has 0 saturated carbocycles. The van der Waals surface area contributed by atoms with Gasteiger partial charge in [-0.05, 0) is 38.7 Å². The Bertz CT molecular complexity index is 731. The lowest BCUT2D eigenvalue weighted by Gasteiger charge is -2.17. The van der Waals surface area contributed by atoms with Crippen LogP contribution >= 0.6 is 0 Å². The Morgan fingerprint density at radius 2 is 2.04 bits per heavy atom. The fourth-order valence-corrected chi connectivity index (χ4v) is 3.40. The van der Waals surface area contributed by atoms with Crippen molar-refractivity contribution in [2.45, 2.75) is 39.7 Å². The Morgan fingerprint density at radius 3 is 2.75 bits per heavy atom. The van der Waals surface area contributed by atoms with Crippen LogP contribution in [0, 0.1) is 19.8 Å². The Labute approximate surface area is 143 Å². The van der Waals surface area contributed by atoms with Gasteiger partial charge < -0.3 is 5.32 Å². The summed E-state index contributed by atoms with van der Waals surface area (Å²) >= 11 is 0. The van der Waals surface area contributed by atoms with E-state index in [2.05, 4.69) is 41.6 Å². The third-order valence-electron chi connectivity index (χ3n) is 4.71. The molecule has 0 fully saturated rings. The summed E-state index contributed by atoms with van der Waals surface area (Å²) in [7, 11) is 0. The second kappa shape index (κ2) is 7.47. The first-order valence-electron chi connectivity index (χ1n) is 8.69. The van der Waals surface area contributed by atoms with Crippen LogP contribution in [0.15, 0.2) is 42.5 Å². The van der Waals surface area contributed by atoms with E-state index in [1.165, 1.54) is 11.1 Å². The van der Waals surface area contributed by atoms with Crippen molar-refractivity contribution in [3.05, 3.63) is 53.9 Å². The molecular weight excluding hydrogens is 298 g/mol. The maximum absolute atomic E-state index is 12.2. The summed E-state index contributed by atoms with van der Waals surface area (Å²) in [5.41, 5.74) is 4.56.